The molecule has 1 heterocycles. The van der Waals surface area contributed by atoms with Gasteiger partial charge in [-0.05, 0) is 28.1 Å². The lowest BCUT2D eigenvalue weighted by Crippen LogP contribution is -2.41. The summed E-state index contributed by atoms with van der Waals surface area (Å²) in [5, 5.41) is 10.0. The van der Waals surface area contributed by atoms with E-state index in [2.05, 4.69) is 35.6 Å². The van der Waals surface area contributed by atoms with Gasteiger partial charge in [0, 0.05) is 5.56 Å². The van der Waals surface area contributed by atoms with Crippen LogP contribution in [0.3, 0.4) is 0 Å². The Kier molecular flexibility index (Phi) is 4.20. The molecule has 0 spiro atoms. The van der Waals surface area contributed by atoms with E-state index in [4.69, 9.17) is 9.84 Å². The lowest BCUT2D eigenvalue weighted by molar-refractivity contribution is -0.187. The van der Waals surface area contributed by atoms with Crippen LogP contribution in [0.4, 0.5) is 13.2 Å². The zero-order valence-corrected chi connectivity index (χ0v) is 14.7. The monoisotopic (exact) mass is 394 g/mol. The molecule has 1 aromatic rings. The molecule has 0 bridgehead atoms. The normalized spacial score (nSPS) is 18.3. The van der Waals surface area contributed by atoms with Crippen molar-refractivity contribution in [2.75, 3.05) is 0 Å². The predicted octanol–water partition coefficient (Wildman–Crippen LogP) is 3.79. The first-order valence-corrected chi connectivity index (χ1v) is 10.7. The second kappa shape index (κ2) is 5.41. The summed E-state index contributed by atoms with van der Waals surface area (Å²) in [5.74, 6) is -1.61. The Bertz CT molecular complexity index is 663. The quantitative estimate of drug-likeness (QED) is 0.776. The Labute approximate surface area is 134 Å². The van der Waals surface area contributed by atoms with Gasteiger partial charge >= 0.3 is 12.1 Å². The van der Waals surface area contributed by atoms with Gasteiger partial charge in [0.05, 0.1) is 18.1 Å². The fraction of sp³-hybridized carbons (Fsp3) is 0.357. The average Bonchev–Trinajstić information content (AvgIpc) is 2.34. The van der Waals surface area contributed by atoms with E-state index in [9.17, 15) is 18.0 Å². The Balaban J connectivity index is 2.64. The summed E-state index contributed by atoms with van der Waals surface area (Å²) < 4.78 is 44.4. The summed E-state index contributed by atoms with van der Waals surface area (Å²) in [6.45, 7) is 6.27. The number of rotatable bonds is 2. The molecule has 22 heavy (non-hydrogen) atoms. The molecule has 0 amide bonds. The van der Waals surface area contributed by atoms with Crippen LogP contribution >= 0.6 is 15.9 Å². The number of carboxylic acid groups (broad SMARTS) is 1. The van der Waals surface area contributed by atoms with E-state index in [1.807, 2.05) is 0 Å². The van der Waals surface area contributed by atoms with Crippen molar-refractivity contribution in [2.45, 2.75) is 31.9 Å². The molecule has 0 saturated heterocycles. The van der Waals surface area contributed by atoms with E-state index in [0.717, 1.165) is 11.3 Å². The number of carboxylic acids is 1. The molecule has 0 aliphatic carbocycles. The summed E-state index contributed by atoms with van der Waals surface area (Å²) in [6.07, 6.45) is -6.21. The van der Waals surface area contributed by atoms with Crippen LogP contribution in [-0.4, -0.2) is 31.4 Å². The largest absolute Gasteiger partial charge is 0.478 e. The molecule has 0 aromatic heterocycles. The summed E-state index contributed by atoms with van der Waals surface area (Å²) in [4.78, 5) is 11.1. The predicted molar refractivity (Wildman–Crippen MR) is 83.2 cm³/mol. The number of hydrogen-bond acceptors (Lipinski definition) is 2. The molecule has 1 N–H and O–H groups in total. The number of benzene rings is 1. The zero-order chi connectivity index (χ0) is 16.9. The second-order valence-corrected chi connectivity index (χ2v) is 12.0. The molecule has 0 fully saturated rings. The maximum atomic E-state index is 13.0. The first-order valence-electron chi connectivity index (χ1n) is 6.43. The van der Waals surface area contributed by atoms with Gasteiger partial charge in [0.15, 0.2) is 0 Å². The first kappa shape index (κ1) is 17.1. The number of halogens is 4. The number of carbonyl (C=O) groups is 1. The minimum Gasteiger partial charge on any atom is -0.478 e. The Morgan fingerprint density at radius 1 is 1.32 bits per heavy atom. The highest BCUT2D eigenvalue weighted by Gasteiger charge is 2.48. The van der Waals surface area contributed by atoms with E-state index in [-0.39, 0.29) is 5.75 Å². The van der Waals surface area contributed by atoms with Gasteiger partial charge in [0.1, 0.15) is 5.75 Å². The van der Waals surface area contributed by atoms with E-state index < -0.39 is 31.9 Å². The van der Waals surface area contributed by atoms with Crippen LogP contribution in [0.2, 0.25) is 19.6 Å². The minimum absolute atomic E-state index is 0.0225. The van der Waals surface area contributed by atoms with Crippen molar-refractivity contribution >= 4 is 41.2 Å². The van der Waals surface area contributed by atoms with Gasteiger partial charge in [-0.2, -0.15) is 13.2 Å². The topological polar surface area (TPSA) is 46.5 Å². The van der Waals surface area contributed by atoms with E-state index in [1.165, 1.54) is 0 Å². The highest BCUT2D eigenvalue weighted by molar-refractivity contribution is 9.10. The van der Waals surface area contributed by atoms with Crippen LogP contribution in [-0.2, 0) is 4.79 Å². The highest BCUT2D eigenvalue weighted by atomic mass is 79.9. The lowest BCUT2D eigenvalue weighted by Gasteiger charge is -2.29. The number of aliphatic carboxylic acids is 1. The minimum atomic E-state index is -4.79. The molecule has 1 aliphatic heterocycles. The number of hydrogen-bond donors (Lipinski definition) is 1. The van der Waals surface area contributed by atoms with Gasteiger partial charge in [0.25, 0.3) is 0 Å². The second-order valence-electron chi connectivity index (χ2n) is 6.07. The molecular formula is C14H14BrF3O3Si. The fourth-order valence-corrected chi connectivity index (χ4v) is 4.07. The zero-order valence-electron chi connectivity index (χ0n) is 12.1. The van der Waals surface area contributed by atoms with Crippen molar-refractivity contribution in [3.05, 3.63) is 27.7 Å². The van der Waals surface area contributed by atoms with Crippen molar-refractivity contribution in [1.82, 2.24) is 0 Å². The van der Waals surface area contributed by atoms with Crippen LogP contribution < -0.4 is 9.92 Å². The number of alkyl halides is 3. The molecule has 1 unspecified atom stereocenters. The standard InChI is InChI=1S/C14H14BrF3O3Si/c1-22(2,3)8-4-7-5-9(13(19)20)12(14(16,17)18)21-11(7)10(15)6-8/h4-6,12H,1-3H3,(H,19,20). The summed E-state index contributed by atoms with van der Waals surface area (Å²) in [6, 6.07) is 3.46. The average molecular weight is 395 g/mol. The molecule has 120 valence electrons. The highest BCUT2D eigenvalue weighted by Crippen LogP contribution is 2.40. The van der Waals surface area contributed by atoms with Crippen molar-refractivity contribution in [2.24, 2.45) is 0 Å². The maximum Gasteiger partial charge on any atom is 0.430 e. The molecule has 2 rings (SSSR count). The molecular weight excluding hydrogens is 381 g/mol. The van der Waals surface area contributed by atoms with Crippen molar-refractivity contribution in [3.63, 3.8) is 0 Å². The first-order chi connectivity index (χ1) is 9.91. The van der Waals surface area contributed by atoms with Crippen LogP contribution in [0.5, 0.6) is 5.75 Å². The molecule has 1 aromatic carbocycles. The van der Waals surface area contributed by atoms with Gasteiger partial charge in [-0.3, -0.25) is 0 Å². The third-order valence-electron chi connectivity index (χ3n) is 3.31. The molecule has 1 atom stereocenters. The molecule has 8 heteroatoms. The number of ether oxygens (including phenoxy) is 1. The molecule has 0 radical (unpaired) electrons. The molecule has 3 nitrogen and oxygen atoms in total. The Morgan fingerprint density at radius 2 is 1.91 bits per heavy atom. The van der Waals surface area contributed by atoms with Crippen molar-refractivity contribution in [3.8, 4) is 5.75 Å². The van der Waals surface area contributed by atoms with E-state index in [1.54, 1.807) is 12.1 Å². The van der Waals surface area contributed by atoms with Crippen LogP contribution in [0.25, 0.3) is 6.08 Å². The van der Waals surface area contributed by atoms with Crippen LogP contribution in [0.1, 0.15) is 5.56 Å². The van der Waals surface area contributed by atoms with E-state index in [0.29, 0.717) is 10.0 Å². The van der Waals surface area contributed by atoms with Gasteiger partial charge in [-0.25, -0.2) is 4.79 Å². The lowest BCUT2D eigenvalue weighted by atomic mass is 10.0. The van der Waals surface area contributed by atoms with Gasteiger partial charge < -0.3 is 9.84 Å². The summed E-state index contributed by atoms with van der Waals surface area (Å²) in [5.41, 5.74) is -0.454. The smallest absolute Gasteiger partial charge is 0.430 e. The van der Waals surface area contributed by atoms with Crippen LogP contribution in [0.15, 0.2) is 22.2 Å². The van der Waals surface area contributed by atoms with Gasteiger partial charge in [0.2, 0.25) is 6.10 Å². The van der Waals surface area contributed by atoms with Crippen molar-refractivity contribution in [1.29, 1.82) is 0 Å². The molecule has 1 aliphatic rings. The maximum absolute atomic E-state index is 13.0. The van der Waals surface area contributed by atoms with Crippen LogP contribution in [0, 0.1) is 0 Å². The number of fused-ring (bicyclic) bond motifs is 1. The Hall–Kier alpha value is -1.28. The third-order valence-corrected chi connectivity index (χ3v) is 5.92. The van der Waals surface area contributed by atoms with Crippen molar-refractivity contribution < 1.29 is 27.8 Å². The summed E-state index contributed by atoms with van der Waals surface area (Å²) in [7, 11) is -1.71. The van der Waals surface area contributed by atoms with Gasteiger partial charge in [-0.15, -0.1) is 0 Å². The molecule has 0 saturated carbocycles. The van der Waals surface area contributed by atoms with Gasteiger partial charge in [-0.1, -0.05) is 30.9 Å². The Morgan fingerprint density at radius 3 is 2.36 bits per heavy atom. The fourth-order valence-electron chi connectivity index (χ4n) is 2.12. The SMILES string of the molecule is C[Si](C)(C)c1cc(Br)c2c(c1)C=C(C(=O)O)C(C(F)(F)F)O2. The summed E-state index contributed by atoms with van der Waals surface area (Å²) >= 11 is 3.23. The van der Waals surface area contributed by atoms with E-state index >= 15 is 0 Å². The third kappa shape index (κ3) is 3.22.